The minimum absolute atomic E-state index is 0.450. The lowest BCUT2D eigenvalue weighted by Crippen LogP contribution is -2.33. The molecule has 0 bridgehead atoms. The van der Waals surface area contributed by atoms with Gasteiger partial charge >= 0.3 is 0 Å². The highest BCUT2D eigenvalue weighted by Crippen LogP contribution is 2.30. The Morgan fingerprint density at radius 2 is 2.08 bits per heavy atom. The van der Waals surface area contributed by atoms with Crippen molar-refractivity contribution in [3.8, 4) is 0 Å². The molecule has 0 aromatic carbocycles. The van der Waals surface area contributed by atoms with E-state index in [0.29, 0.717) is 5.92 Å². The van der Waals surface area contributed by atoms with E-state index in [1.54, 1.807) is 13.8 Å². The molecule has 70 valence electrons. The van der Waals surface area contributed by atoms with E-state index in [1.165, 1.54) is 0 Å². The molecule has 0 heterocycles. The van der Waals surface area contributed by atoms with E-state index in [2.05, 4.69) is 6.92 Å². The summed E-state index contributed by atoms with van der Waals surface area (Å²) in [6, 6.07) is 0. The van der Waals surface area contributed by atoms with Crippen LogP contribution in [0.5, 0.6) is 0 Å². The normalized spacial score (nSPS) is 31.6. The first kappa shape index (κ1) is 9.75. The number of hydrogen-bond donors (Lipinski definition) is 2. The predicted molar refractivity (Wildman–Crippen MR) is 48.8 cm³/mol. The zero-order chi connectivity index (χ0) is 9.35. The number of rotatable bonds is 1. The predicted octanol–water partition coefficient (Wildman–Crippen LogP) is 1.47. The average molecular weight is 170 g/mol. The van der Waals surface area contributed by atoms with Crippen molar-refractivity contribution in [2.45, 2.75) is 45.3 Å². The monoisotopic (exact) mass is 170 g/mol. The lowest BCUT2D eigenvalue weighted by atomic mass is 9.82. The molecule has 0 aromatic rings. The molecule has 0 saturated heterocycles. The summed E-state index contributed by atoms with van der Waals surface area (Å²) in [6.07, 6.45) is 3.26. The largest absolute Gasteiger partial charge is 0.389 e. The molecule has 0 aromatic heterocycles. The molecule has 1 rings (SSSR count). The van der Waals surface area contributed by atoms with Crippen molar-refractivity contribution in [3.05, 3.63) is 11.6 Å². The molecule has 0 fully saturated rings. The van der Waals surface area contributed by atoms with Gasteiger partial charge in [0.25, 0.3) is 0 Å². The van der Waals surface area contributed by atoms with Crippen LogP contribution in [0.15, 0.2) is 11.6 Å². The van der Waals surface area contributed by atoms with E-state index >= 15 is 0 Å². The van der Waals surface area contributed by atoms with E-state index < -0.39 is 11.7 Å². The Labute approximate surface area is 73.9 Å². The molecule has 0 unspecified atom stereocenters. The van der Waals surface area contributed by atoms with Gasteiger partial charge in [-0.3, -0.25) is 0 Å². The number of allylic oxidation sites excluding steroid dienone is 1. The van der Waals surface area contributed by atoms with Crippen LogP contribution in [-0.2, 0) is 0 Å². The Morgan fingerprint density at radius 1 is 1.50 bits per heavy atom. The van der Waals surface area contributed by atoms with Crippen molar-refractivity contribution >= 4 is 0 Å². The van der Waals surface area contributed by atoms with Gasteiger partial charge in [-0.05, 0) is 38.2 Å². The zero-order valence-electron chi connectivity index (χ0n) is 8.04. The third-order valence-electron chi connectivity index (χ3n) is 2.43. The van der Waals surface area contributed by atoms with Gasteiger partial charge in [0.2, 0.25) is 0 Å². The molecule has 0 spiro atoms. The van der Waals surface area contributed by atoms with Crippen LogP contribution in [0.25, 0.3) is 0 Å². The summed E-state index contributed by atoms with van der Waals surface area (Å²) in [6.45, 7) is 5.55. The second-order valence-electron chi connectivity index (χ2n) is 4.31. The highest BCUT2D eigenvalue weighted by molar-refractivity contribution is 5.21. The van der Waals surface area contributed by atoms with Crippen LogP contribution < -0.4 is 0 Å². The average Bonchev–Trinajstić information content (AvgIpc) is 1.83. The van der Waals surface area contributed by atoms with Crippen LogP contribution in [-0.4, -0.2) is 21.9 Å². The summed E-state index contributed by atoms with van der Waals surface area (Å²) in [7, 11) is 0. The van der Waals surface area contributed by atoms with Crippen molar-refractivity contribution in [3.63, 3.8) is 0 Å². The fraction of sp³-hybridized carbons (Fsp3) is 0.800. The molecule has 0 aliphatic heterocycles. The summed E-state index contributed by atoms with van der Waals surface area (Å²) in [5, 5.41) is 19.3. The number of hydrogen-bond acceptors (Lipinski definition) is 2. The Balaban J connectivity index is 2.78. The minimum Gasteiger partial charge on any atom is -0.389 e. The van der Waals surface area contributed by atoms with E-state index in [0.717, 1.165) is 18.4 Å². The van der Waals surface area contributed by atoms with E-state index in [4.69, 9.17) is 0 Å². The van der Waals surface area contributed by atoms with Crippen LogP contribution in [0, 0.1) is 5.92 Å². The highest BCUT2D eigenvalue weighted by atomic mass is 16.3. The summed E-state index contributed by atoms with van der Waals surface area (Å²) in [5.41, 5.74) is -0.0832. The van der Waals surface area contributed by atoms with Gasteiger partial charge in [-0.2, -0.15) is 0 Å². The summed E-state index contributed by atoms with van der Waals surface area (Å²) < 4.78 is 0. The van der Waals surface area contributed by atoms with E-state index in [-0.39, 0.29) is 0 Å². The smallest absolute Gasteiger partial charge is 0.0825 e. The van der Waals surface area contributed by atoms with Crippen molar-refractivity contribution in [2.24, 2.45) is 5.92 Å². The Hall–Kier alpha value is -0.340. The molecule has 12 heavy (non-hydrogen) atoms. The molecule has 0 radical (unpaired) electrons. The van der Waals surface area contributed by atoms with Gasteiger partial charge in [0, 0.05) is 0 Å². The van der Waals surface area contributed by atoms with Crippen molar-refractivity contribution in [1.29, 1.82) is 0 Å². The van der Waals surface area contributed by atoms with Gasteiger partial charge in [0.1, 0.15) is 0 Å². The number of aliphatic hydroxyl groups is 2. The SMILES string of the molecule is C[C@@H]1CC=C(C(C)(C)O)[C@H](O)C1. The molecular formula is C10H18O2. The second-order valence-corrected chi connectivity index (χ2v) is 4.31. The van der Waals surface area contributed by atoms with Gasteiger partial charge in [-0.25, -0.2) is 0 Å². The maximum absolute atomic E-state index is 9.67. The lowest BCUT2D eigenvalue weighted by Gasteiger charge is -2.31. The highest BCUT2D eigenvalue weighted by Gasteiger charge is 2.29. The summed E-state index contributed by atoms with van der Waals surface area (Å²) >= 11 is 0. The third-order valence-corrected chi connectivity index (χ3v) is 2.43. The lowest BCUT2D eigenvalue weighted by molar-refractivity contribution is 0.0671. The van der Waals surface area contributed by atoms with E-state index in [9.17, 15) is 10.2 Å². The van der Waals surface area contributed by atoms with Gasteiger partial charge < -0.3 is 10.2 Å². The molecular weight excluding hydrogens is 152 g/mol. The first-order valence-corrected chi connectivity index (χ1v) is 4.52. The van der Waals surface area contributed by atoms with Gasteiger partial charge in [-0.1, -0.05) is 13.0 Å². The van der Waals surface area contributed by atoms with Crippen molar-refractivity contribution in [2.75, 3.05) is 0 Å². The maximum atomic E-state index is 9.67. The molecule has 1 aliphatic carbocycles. The first-order chi connectivity index (χ1) is 5.41. The van der Waals surface area contributed by atoms with Crippen LogP contribution >= 0.6 is 0 Å². The minimum atomic E-state index is -0.862. The van der Waals surface area contributed by atoms with Crippen molar-refractivity contribution in [1.82, 2.24) is 0 Å². The maximum Gasteiger partial charge on any atom is 0.0825 e. The molecule has 1 aliphatic rings. The second kappa shape index (κ2) is 3.19. The number of aliphatic hydroxyl groups excluding tert-OH is 1. The zero-order valence-corrected chi connectivity index (χ0v) is 8.04. The Kier molecular flexibility index (Phi) is 2.59. The van der Waals surface area contributed by atoms with Crippen LogP contribution in [0.2, 0.25) is 0 Å². The quantitative estimate of drug-likeness (QED) is 0.585. The van der Waals surface area contributed by atoms with Gasteiger partial charge in [-0.15, -0.1) is 0 Å². The molecule has 2 N–H and O–H groups in total. The van der Waals surface area contributed by atoms with E-state index in [1.807, 2.05) is 6.08 Å². The Bertz CT molecular complexity index is 189. The summed E-state index contributed by atoms with van der Waals surface area (Å²) in [5.74, 6) is 0.533. The topological polar surface area (TPSA) is 40.5 Å². The fourth-order valence-electron chi connectivity index (χ4n) is 1.73. The van der Waals surface area contributed by atoms with Gasteiger partial charge in [0.05, 0.1) is 11.7 Å². The fourth-order valence-corrected chi connectivity index (χ4v) is 1.73. The summed E-state index contributed by atoms with van der Waals surface area (Å²) in [4.78, 5) is 0. The van der Waals surface area contributed by atoms with Crippen LogP contribution in [0.4, 0.5) is 0 Å². The molecule has 2 atom stereocenters. The molecule has 0 saturated carbocycles. The molecule has 2 nitrogen and oxygen atoms in total. The molecule has 0 amide bonds. The van der Waals surface area contributed by atoms with Crippen LogP contribution in [0.1, 0.15) is 33.6 Å². The van der Waals surface area contributed by atoms with Crippen molar-refractivity contribution < 1.29 is 10.2 Å². The third kappa shape index (κ3) is 2.08. The van der Waals surface area contributed by atoms with Gasteiger partial charge in [0.15, 0.2) is 0 Å². The first-order valence-electron chi connectivity index (χ1n) is 4.52. The van der Waals surface area contributed by atoms with Crippen LogP contribution in [0.3, 0.4) is 0 Å². The standard InChI is InChI=1S/C10H18O2/c1-7-4-5-8(9(11)6-7)10(2,3)12/h5,7,9,11-12H,4,6H2,1-3H3/t7-,9-/m1/s1. The Morgan fingerprint density at radius 3 is 2.50 bits per heavy atom. The molecule has 2 heteroatoms.